The van der Waals surface area contributed by atoms with Crippen LogP contribution in [0.2, 0.25) is 0 Å². The van der Waals surface area contributed by atoms with Crippen LogP contribution in [-0.2, 0) is 14.8 Å². The Hall–Kier alpha value is -0.870. The first-order valence-electron chi connectivity index (χ1n) is 7.06. The van der Waals surface area contributed by atoms with Gasteiger partial charge in [0.2, 0.25) is 10.0 Å². The first-order chi connectivity index (χ1) is 8.98. The molecule has 0 radical (unpaired) electrons. The van der Waals surface area contributed by atoms with Crippen LogP contribution in [0, 0.1) is 0 Å². The molecule has 1 aromatic carbocycles. The van der Waals surface area contributed by atoms with E-state index in [1.54, 1.807) is 0 Å². The Bertz CT molecular complexity index is 470. The van der Waals surface area contributed by atoms with Crippen molar-refractivity contribution < 1.29 is 8.42 Å². The molecule has 0 fully saturated rings. The molecule has 19 heavy (non-hydrogen) atoms. The molecular weight excluding hydrogens is 258 g/mol. The minimum Gasteiger partial charge on any atom is -0.228 e. The van der Waals surface area contributed by atoms with Crippen molar-refractivity contribution in [3.63, 3.8) is 0 Å². The predicted molar refractivity (Wildman–Crippen MR) is 80.3 cm³/mol. The molecule has 108 valence electrons. The normalized spacial score (nSPS) is 15.1. The number of sulfonamides is 1. The first kappa shape index (κ1) is 16.2. The van der Waals surface area contributed by atoms with Crippen LogP contribution < -0.4 is 5.14 Å². The van der Waals surface area contributed by atoms with E-state index in [2.05, 4.69) is 6.92 Å². The van der Waals surface area contributed by atoms with Gasteiger partial charge in [0.15, 0.2) is 0 Å². The molecule has 2 N–H and O–H groups in total. The Morgan fingerprint density at radius 3 is 2.16 bits per heavy atom. The van der Waals surface area contributed by atoms with Gasteiger partial charge in [0.25, 0.3) is 0 Å². The number of primary sulfonamides is 1. The molecule has 0 aliphatic rings. The summed E-state index contributed by atoms with van der Waals surface area (Å²) in [5.41, 5.74) is 0.816. The van der Waals surface area contributed by atoms with Crippen molar-refractivity contribution in [2.75, 3.05) is 0 Å². The topological polar surface area (TPSA) is 60.2 Å². The number of benzene rings is 1. The van der Waals surface area contributed by atoms with Crippen molar-refractivity contribution in [3.05, 3.63) is 35.9 Å². The maximum atomic E-state index is 12.1. The van der Waals surface area contributed by atoms with Crippen molar-refractivity contribution >= 4 is 10.0 Å². The van der Waals surface area contributed by atoms with Crippen molar-refractivity contribution in [3.8, 4) is 0 Å². The minimum atomic E-state index is -3.62. The van der Waals surface area contributed by atoms with E-state index in [1.807, 2.05) is 37.3 Å². The van der Waals surface area contributed by atoms with Crippen LogP contribution in [-0.4, -0.2) is 8.42 Å². The molecule has 0 aromatic heterocycles. The van der Waals surface area contributed by atoms with E-state index < -0.39 is 14.8 Å². The summed E-state index contributed by atoms with van der Waals surface area (Å²) in [7, 11) is -3.62. The molecule has 1 unspecified atom stereocenters. The molecule has 1 aromatic rings. The summed E-state index contributed by atoms with van der Waals surface area (Å²) in [5.74, 6) is 0. The molecule has 0 aliphatic heterocycles. The van der Waals surface area contributed by atoms with E-state index in [1.165, 1.54) is 0 Å². The lowest BCUT2D eigenvalue weighted by Gasteiger charge is -2.31. The Kier molecular flexibility index (Phi) is 6.01. The SMILES string of the molecule is CCCCCCC(CC)(c1ccccc1)S(N)(=O)=O. The predicted octanol–water partition coefficient (Wildman–Crippen LogP) is 3.55. The maximum Gasteiger partial charge on any atom is 0.219 e. The van der Waals surface area contributed by atoms with Gasteiger partial charge < -0.3 is 0 Å². The smallest absolute Gasteiger partial charge is 0.219 e. The fraction of sp³-hybridized carbons (Fsp3) is 0.600. The summed E-state index contributed by atoms with van der Waals surface area (Å²) in [6, 6.07) is 9.37. The second-order valence-electron chi connectivity index (χ2n) is 5.07. The van der Waals surface area contributed by atoms with Crippen LogP contribution in [0.15, 0.2) is 30.3 Å². The number of hydrogen-bond donors (Lipinski definition) is 1. The second kappa shape index (κ2) is 7.06. The number of nitrogens with two attached hydrogens (primary N) is 1. The number of hydrogen-bond acceptors (Lipinski definition) is 2. The molecule has 1 atom stereocenters. The summed E-state index contributed by atoms with van der Waals surface area (Å²) >= 11 is 0. The monoisotopic (exact) mass is 283 g/mol. The molecule has 0 bridgehead atoms. The molecule has 0 aliphatic carbocycles. The molecule has 4 heteroatoms. The molecule has 1 rings (SSSR count). The van der Waals surface area contributed by atoms with Gasteiger partial charge in [-0.1, -0.05) is 69.9 Å². The van der Waals surface area contributed by atoms with E-state index in [-0.39, 0.29) is 0 Å². The Morgan fingerprint density at radius 2 is 1.68 bits per heavy atom. The number of unbranched alkanes of at least 4 members (excludes halogenated alkanes) is 3. The van der Waals surface area contributed by atoms with Crippen LogP contribution in [0.1, 0.15) is 57.9 Å². The van der Waals surface area contributed by atoms with E-state index in [0.29, 0.717) is 12.8 Å². The Balaban J connectivity index is 3.03. The highest BCUT2D eigenvalue weighted by Gasteiger charge is 2.40. The van der Waals surface area contributed by atoms with Gasteiger partial charge in [0, 0.05) is 0 Å². The van der Waals surface area contributed by atoms with Gasteiger partial charge in [-0.25, -0.2) is 13.6 Å². The van der Waals surface area contributed by atoms with Gasteiger partial charge in [-0.15, -0.1) is 0 Å². The zero-order valence-electron chi connectivity index (χ0n) is 11.9. The molecule has 0 amide bonds. The zero-order chi connectivity index (χ0) is 14.4. The molecule has 0 saturated carbocycles. The largest absolute Gasteiger partial charge is 0.228 e. The lowest BCUT2D eigenvalue weighted by atomic mass is 9.89. The third kappa shape index (κ3) is 3.80. The fourth-order valence-corrected chi connectivity index (χ4v) is 3.91. The second-order valence-corrected chi connectivity index (χ2v) is 6.94. The highest BCUT2D eigenvalue weighted by Crippen LogP contribution is 2.37. The van der Waals surface area contributed by atoms with Crippen LogP contribution in [0.4, 0.5) is 0 Å². The van der Waals surface area contributed by atoms with Crippen molar-refractivity contribution in [2.24, 2.45) is 5.14 Å². The van der Waals surface area contributed by atoms with Gasteiger partial charge in [-0.05, 0) is 18.4 Å². The minimum absolute atomic E-state index is 0.516. The molecule has 0 saturated heterocycles. The van der Waals surface area contributed by atoms with Gasteiger partial charge >= 0.3 is 0 Å². The average molecular weight is 283 g/mol. The van der Waals surface area contributed by atoms with Crippen molar-refractivity contribution in [2.45, 2.75) is 57.1 Å². The van der Waals surface area contributed by atoms with Crippen LogP contribution >= 0.6 is 0 Å². The standard InChI is InChI=1S/C15H25NO2S/c1-3-5-6-10-13-15(4-2,19(16,17)18)14-11-8-7-9-12-14/h7-9,11-12H,3-6,10,13H2,1-2H3,(H2,16,17,18). The van der Waals surface area contributed by atoms with Gasteiger partial charge in [-0.3, -0.25) is 0 Å². The summed E-state index contributed by atoms with van der Waals surface area (Å²) in [4.78, 5) is 0. The highest BCUT2D eigenvalue weighted by atomic mass is 32.2. The Labute approximate surface area is 117 Å². The summed E-state index contributed by atoms with van der Waals surface area (Å²) in [5, 5.41) is 5.54. The van der Waals surface area contributed by atoms with Gasteiger partial charge in [0.05, 0.1) is 0 Å². The van der Waals surface area contributed by atoms with Crippen LogP contribution in [0.25, 0.3) is 0 Å². The molecule has 3 nitrogen and oxygen atoms in total. The average Bonchev–Trinajstić information content (AvgIpc) is 2.39. The van der Waals surface area contributed by atoms with Crippen molar-refractivity contribution in [1.82, 2.24) is 0 Å². The highest BCUT2D eigenvalue weighted by molar-refractivity contribution is 7.90. The summed E-state index contributed by atoms with van der Waals surface area (Å²) < 4.78 is 23.3. The van der Waals surface area contributed by atoms with Gasteiger partial charge in [-0.2, -0.15) is 0 Å². The van der Waals surface area contributed by atoms with E-state index in [0.717, 1.165) is 31.2 Å². The van der Waals surface area contributed by atoms with E-state index in [4.69, 9.17) is 5.14 Å². The van der Waals surface area contributed by atoms with Crippen LogP contribution in [0.5, 0.6) is 0 Å². The van der Waals surface area contributed by atoms with Gasteiger partial charge in [0.1, 0.15) is 4.75 Å². The Morgan fingerprint density at radius 1 is 1.05 bits per heavy atom. The van der Waals surface area contributed by atoms with E-state index >= 15 is 0 Å². The summed E-state index contributed by atoms with van der Waals surface area (Å²) in [6.07, 6.45) is 5.35. The summed E-state index contributed by atoms with van der Waals surface area (Å²) in [6.45, 7) is 4.04. The lowest BCUT2D eigenvalue weighted by molar-refractivity contribution is 0.456. The third-order valence-electron chi connectivity index (χ3n) is 3.85. The zero-order valence-corrected chi connectivity index (χ0v) is 12.7. The van der Waals surface area contributed by atoms with Crippen molar-refractivity contribution in [1.29, 1.82) is 0 Å². The maximum absolute atomic E-state index is 12.1. The molecular formula is C15H25NO2S. The third-order valence-corrected chi connectivity index (χ3v) is 5.67. The lowest BCUT2D eigenvalue weighted by Crippen LogP contribution is -2.40. The first-order valence-corrected chi connectivity index (χ1v) is 8.60. The quantitative estimate of drug-likeness (QED) is 0.742. The van der Waals surface area contributed by atoms with Crippen LogP contribution in [0.3, 0.4) is 0 Å². The molecule has 0 heterocycles. The fourth-order valence-electron chi connectivity index (χ4n) is 2.61. The van der Waals surface area contributed by atoms with E-state index in [9.17, 15) is 8.42 Å². The molecule has 0 spiro atoms. The number of rotatable bonds is 8.